The van der Waals surface area contributed by atoms with E-state index in [9.17, 15) is 0 Å². The fourth-order valence-electron chi connectivity index (χ4n) is 0.589. The lowest BCUT2D eigenvalue weighted by Crippen LogP contribution is -1.94. The molecule has 0 aliphatic rings. The van der Waals surface area contributed by atoms with E-state index < -0.39 is 0 Å². The third-order valence-electron chi connectivity index (χ3n) is 1.04. The number of hydrogen-bond acceptors (Lipinski definition) is 3. The second-order valence-electron chi connectivity index (χ2n) is 1.94. The van der Waals surface area contributed by atoms with Gasteiger partial charge in [-0.3, -0.25) is 0 Å². The Morgan fingerprint density at radius 3 is 2.82 bits per heavy atom. The molecule has 62 valence electrons. The second-order valence-corrected chi connectivity index (χ2v) is 1.94. The highest BCUT2D eigenvalue weighted by atomic mass is 16.5. The lowest BCUT2D eigenvalue weighted by Gasteiger charge is -1.95. The number of nitrogens with zero attached hydrogens (tertiary/aromatic N) is 1. The van der Waals surface area contributed by atoms with Crippen LogP contribution in [0.4, 0.5) is 0 Å². The summed E-state index contributed by atoms with van der Waals surface area (Å²) in [4.78, 5) is 0. The van der Waals surface area contributed by atoms with E-state index in [2.05, 4.69) is 5.16 Å². The van der Waals surface area contributed by atoms with Crippen LogP contribution >= 0.6 is 0 Å². The molecule has 3 heteroatoms. The lowest BCUT2D eigenvalue weighted by molar-refractivity contribution is 0.229. The highest BCUT2D eigenvalue weighted by Crippen LogP contribution is 1.91. The van der Waals surface area contributed by atoms with Crippen LogP contribution in [0, 0.1) is 0 Å². The number of ether oxygens (including phenoxy) is 1. The van der Waals surface area contributed by atoms with Crippen molar-refractivity contribution in [2.45, 2.75) is 6.92 Å². The highest BCUT2D eigenvalue weighted by Gasteiger charge is 1.88. The van der Waals surface area contributed by atoms with Gasteiger partial charge in [0, 0.05) is 7.11 Å². The minimum absolute atomic E-state index is 0.453. The molecule has 0 aliphatic heterocycles. The smallest absolute Gasteiger partial charge is 0.0729 e. The summed E-state index contributed by atoms with van der Waals surface area (Å²) in [6, 6.07) is 0. The number of rotatable bonds is 4. The van der Waals surface area contributed by atoms with Crippen molar-refractivity contribution in [1.82, 2.24) is 0 Å². The van der Waals surface area contributed by atoms with Crippen molar-refractivity contribution in [3.8, 4) is 0 Å². The first kappa shape index (κ1) is 9.91. The van der Waals surface area contributed by atoms with E-state index in [4.69, 9.17) is 9.94 Å². The first-order valence-electron chi connectivity index (χ1n) is 3.33. The van der Waals surface area contributed by atoms with Crippen LogP contribution in [0.5, 0.6) is 0 Å². The van der Waals surface area contributed by atoms with Crippen LogP contribution in [0.2, 0.25) is 0 Å². The molecule has 0 aliphatic carbocycles. The zero-order valence-electron chi connectivity index (χ0n) is 6.82. The Kier molecular flexibility index (Phi) is 6.33. The molecule has 0 atom stereocenters. The lowest BCUT2D eigenvalue weighted by atomic mass is 10.3. The molecule has 0 aromatic carbocycles. The Balaban J connectivity index is 4.07. The van der Waals surface area contributed by atoms with Gasteiger partial charge in [-0.15, -0.1) is 0 Å². The molecule has 3 nitrogen and oxygen atoms in total. The van der Waals surface area contributed by atoms with Gasteiger partial charge in [0.25, 0.3) is 0 Å². The van der Waals surface area contributed by atoms with E-state index in [1.807, 2.05) is 25.2 Å². The van der Waals surface area contributed by atoms with Gasteiger partial charge in [0.15, 0.2) is 0 Å². The molecule has 0 saturated heterocycles. The maximum atomic E-state index is 8.21. The van der Waals surface area contributed by atoms with E-state index in [0.29, 0.717) is 6.61 Å². The average Bonchev–Trinajstić information content (AvgIpc) is 2.01. The van der Waals surface area contributed by atoms with Gasteiger partial charge in [-0.1, -0.05) is 23.4 Å². The van der Waals surface area contributed by atoms with E-state index in [1.165, 1.54) is 6.21 Å². The van der Waals surface area contributed by atoms with Gasteiger partial charge in [-0.25, -0.2) is 0 Å². The van der Waals surface area contributed by atoms with Crippen LogP contribution < -0.4 is 0 Å². The fraction of sp³-hybridized carbons (Fsp3) is 0.375. The summed E-state index contributed by atoms with van der Waals surface area (Å²) in [5, 5.41) is 11.1. The van der Waals surface area contributed by atoms with Gasteiger partial charge < -0.3 is 9.94 Å². The monoisotopic (exact) mass is 155 g/mol. The van der Waals surface area contributed by atoms with Crippen molar-refractivity contribution < 1.29 is 9.94 Å². The van der Waals surface area contributed by atoms with Gasteiger partial charge in [0.1, 0.15) is 0 Å². The Morgan fingerprint density at radius 2 is 2.36 bits per heavy atom. The molecule has 1 N–H and O–H groups in total. The average molecular weight is 155 g/mol. The Hall–Kier alpha value is -1.09. The van der Waals surface area contributed by atoms with Crippen LogP contribution in [0.25, 0.3) is 0 Å². The third kappa shape index (κ3) is 5.36. The molecule has 0 spiro atoms. The Morgan fingerprint density at radius 1 is 1.64 bits per heavy atom. The molecule has 0 bridgehead atoms. The second kappa shape index (κ2) is 7.02. The van der Waals surface area contributed by atoms with E-state index in [0.717, 1.165) is 5.57 Å². The van der Waals surface area contributed by atoms with Crippen molar-refractivity contribution in [2.75, 3.05) is 13.7 Å². The Labute approximate surface area is 66.7 Å². The minimum Gasteiger partial charge on any atom is -0.411 e. The predicted molar refractivity (Wildman–Crippen MR) is 45.1 cm³/mol. The first-order chi connectivity index (χ1) is 5.35. The van der Waals surface area contributed by atoms with Crippen molar-refractivity contribution in [2.24, 2.45) is 5.16 Å². The van der Waals surface area contributed by atoms with Crippen molar-refractivity contribution in [1.29, 1.82) is 0 Å². The highest BCUT2D eigenvalue weighted by molar-refractivity contribution is 5.78. The van der Waals surface area contributed by atoms with E-state index in [1.54, 1.807) is 7.11 Å². The van der Waals surface area contributed by atoms with Crippen molar-refractivity contribution in [3.63, 3.8) is 0 Å². The molecule has 0 unspecified atom stereocenters. The minimum atomic E-state index is 0.453. The number of allylic oxidation sites excluding steroid dienone is 3. The molecular formula is C8H13NO2. The van der Waals surface area contributed by atoms with Crippen molar-refractivity contribution in [3.05, 3.63) is 23.8 Å². The van der Waals surface area contributed by atoms with E-state index >= 15 is 0 Å². The maximum Gasteiger partial charge on any atom is 0.0729 e. The van der Waals surface area contributed by atoms with Crippen LogP contribution in [0.1, 0.15) is 6.92 Å². The third-order valence-corrected chi connectivity index (χ3v) is 1.04. The van der Waals surface area contributed by atoms with Crippen LogP contribution in [-0.4, -0.2) is 25.1 Å². The Bertz CT molecular complexity index is 171. The molecule has 0 aromatic heterocycles. The van der Waals surface area contributed by atoms with Gasteiger partial charge in [-0.2, -0.15) is 0 Å². The van der Waals surface area contributed by atoms with Gasteiger partial charge in [0.05, 0.1) is 12.8 Å². The summed E-state index contributed by atoms with van der Waals surface area (Å²) in [5.41, 5.74) is 0.827. The number of methoxy groups -OCH3 is 1. The summed E-state index contributed by atoms with van der Waals surface area (Å²) in [6.45, 7) is 2.37. The molecule has 0 heterocycles. The molecule has 0 fully saturated rings. The normalized spacial score (nSPS) is 13.5. The summed E-state index contributed by atoms with van der Waals surface area (Å²) >= 11 is 0. The zero-order valence-corrected chi connectivity index (χ0v) is 6.82. The molecule has 0 radical (unpaired) electrons. The molecule has 0 saturated carbocycles. The summed E-state index contributed by atoms with van der Waals surface area (Å²) in [6.07, 6.45) is 6.92. The zero-order chi connectivity index (χ0) is 8.53. The SMILES string of the molecule is C\C=C/C=C(\C=N\O)COC. The fourth-order valence-corrected chi connectivity index (χ4v) is 0.589. The summed E-state index contributed by atoms with van der Waals surface area (Å²) in [7, 11) is 1.59. The van der Waals surface area contributed by atoms with Gasteiger partial charge in [-0.05, 0) is 12.5 Å². The number of oxime groups is 1. The summed E-state index contributed by atoms with van der Waals surface area (Å²) < 4.78 is 4.85. The molecule has 0 rings (SSSR count). The first-order valence-corrected chi connectivity index (χ1v) is 3.33. The van der Waals surface area contributed by atoms with Crippen LogP contribution in [0.15, 0.2) is 29.0 Å². The predicted octanol–water partition coefficient (Wildman–Crippen LogP) is 1.60. The molecule has 0 amide bonds. The van der Waals surface area contributed by atoms with Crippen molar-refractivity contribution >= 4 is 6.21 Å². The van der Waals surface area contributed by atoms with Crippen LogP contribution in [-0.2, 0) is 4.74 Å². The van der Waals surface area contributed by atoms with Gasteiger partial charge in [0.2, 0.25) is 0 Å². The topological polar surface area (TPSA) is 41.8 Å². The van der Waals surface area contributed by atoms with Gasteiger partial charge >= 0.3 is 0 Å². The van der Waals surface area contributed by atoms with E-state index in [-0.39, 0.29) is 0 Å². The van der Waals surface area contributed by atoms with Crippen LogP contribution in [0.3, 0.4) is 0 Å². The standard InChI is InChI=1S/C8H13NO2/c1-3-4-5-8(6-9-10)7-11-2/h3-6,10H,7H2,1-2H3/b4-3-,8-5+,9-6+. The quantitative estimate of drug-likeness (QED) is 0.290. The molecule has 0 aromatic rings. The number of hydrogen-bond donors (Lipinski definition) is 1. The molecular weight excluding hydrogens is 142 g/mol. The maximum absolute atomic E-state index is 8.21. The molecule has 11 heavy (non-hydrogen) atoms. The summed E-state index contributed by atoms with van der Waals surface area (Å²) in [5.74, 6) is 0. The largest absolute Gasteiger partial charge is 0.411 e.